The number of carbonyl (C=O) groups is 1. The molecule has 1 aromatic rings. The summed E-state index contributed by atoms with van der Waals surface area (Å²) < 4.78 is 0. The number of nitriles is 1. The highest BCUT2D eigenvalue weighted by Gasteiger charge is 2.30. The van der Waals surface area contributed by atoms with E-state index in [1.807, 2.05) is 17.0 Å². The van der Waals surface area contributed by atoms with Crippen LogP contribution in [0, 0.1) is 17.2 Å². The van der Waals surface area contributed by atoms with E-state index in [-0.39, 0.29) is 18.6 Å². The van der Waals surface area contributed by atoms with Gasteiger partial charge in [0.05, 0.1) is 30.0 Å². The number of piperidine rings is 1. The number of rotatable bonds is 5. The molecule has 0 bridgehead atoms. The minimum Gasteiger partial charge on any atom is -0.394 e. The molecule has 1 fully saturated rings. The molecule has 0 aromatic heterocycles. The van der Waals surface area contributed by atoms with Crippen LogP contribution in [0.5, 0.6) is 0 Å². The van der Waals surface area contributed by atoms with Gasteiger partial charge in [0.15, 0.2) is 0 Å². The highest BCUT2D eigenvalue weighted by atomic mass is 32.2. The minimum atomic E-state index is -0.0308. The predicted molar refractivity (Wildman–Crippen MR) is 88.3 cm³/mol. The number of aliphatic hydroxyl groups is 1. The maximum absolute atomic E-state index is 12.4. The van der Waals surface area contributed by atoms with Crippen LogP contribution in [0.3, 0.4) is 0 Å². The van der Waals surface area contributed by atoms with Crippen LogP contribution in [-0.4, -0.2) is 40.9 Å². The monoisotopic (exact) mass is 318 g/mol. The summed E-state index contributed by atoms with van der Waals surface area (Å²) in [6.07, 6.45) is 2.09. The summed E-state index contributed by atoms with van der Waals surface area (Å²) >= 11 is 1.58. The summed E-state index contributed by atoms with van der Waals surface area (Å²) in [7, 11) is 0. The van der Waals surface area contributed by atoms with E-state index in [0.29, 0.717) is 17.2 Å². The van der Waals surface area contributed by atoms with Crippen LogP contribution in [0.1, 0.15) is 30.9 Å². The number of thioether (sulfide) groups is 1. The van der Waals surface area contributed by atoms with Crippen molar-refractivity contribution in [3.8, 4) is 6.07 Å². The van der Waals surface area contributed by atoms with Gasteiger partial charge in [0.2, 0.25) is 5.91 Å². The molecule has 118 valence electrons. The third-order valence-corrected chi connectivity index (χ3v) is 5.19. The smallest absolute Gasteiger partial charge is 0.232 e. The summed E-state index contributed by atoms with van der Waals surface area (Å²) in [5, 5.41) is 18.3. The first-order valence-electron chi connectivity index (χ1n) is 7.62. The molecule has 1 N–H and O–H groups in total. The average Bonchev–Trinajstić information content (AvgIpc) is 2.55. The van der Waals surface area contributed by atoms with Gasteiger partial charge in [-0.2, -0.15) is 5.26 Å². The number of benzene rings is 1. The molecule has 1 amide bonds. The lowest BCUT2D eigenvalue weighted by Gasteiger charge is -2.39. The van der Waals surface area contributed by atoms with Crippen molar-refractivity contribution in [1.29, 1.82) is 5.26 Å². The van der Waals surface area contributed by atoms with Crippen molar-refractivity contribution in [2.24, 2.45) is 5.92 Å². The van der Waals surface area contributed by atoms with Crippen molar-refractivity contribution in [2.45, 2.75) is 31.6 Å². The van der Waals surface area contributed by atoms with Crippen molar-refractivity contribution in [3.05, 3.63) is 35.4 Å². The number of hydrogen-bond donors (Lipinski definition) is 1. The Morgan fingerprint density at radius 2 is 2.18 bits per heavy atom. The number of carbonyl (C=O) groups excluding carboxylic acids is 1. The Morgan fingerprint density at radius 3 is 2.82 bits per heavy atom. The molecular weight excluding hydrogens is 296 g/mol. The number of amides is 1. The molecule has 1 aromatic carbocycles. The Kier molecular flexibility index (Phi) is 6.29. The number of likely N-dealkylation sites (tertiary alicyclic amines) is 1. The number of aliphatic hydroxyl groups excluding tert-OH is 1. The number of nitrogens with zero attached hydrogens (tertiary/aromatic N) is 2. The van der Waals surface area contributed by atoms with E-state index in [1.165, 1.54) is 0 Å². The van der Waals surface area contributed by atoms with Gasteiger partial charge >= 0.3 is 0 Å². The van der Waals surface area contributed by atoms with Gasteiger partial charge in [-0.15, -0.1) is 11.8 Å². The lowest BCUT2D eigenvalue weighted by Crippen LogP contribution is -2.50. The highest BCUT2D eigenvalue weighted by molar-refractivity contribution is 7.99. The van der Waals surface area contributed by atoms with Crippen LogP contribution in [0.25, 0.3) is 0 Å². The molecule has 4 nitrogen and oxygen atoms in total. The molecule has 0 saturated carbocycles. The maximum Gasteiger partial charge on any atom is 0.232 e. The van der Waals surface area contributed by atoms with Crippen molar-refractivity contribution in [1.82, 2.24) is 4.90 Å². The van der Waals surface area contributed by atoms with Gasteiger partial charge in [0, 0.05) is 12.3 Å². The SMILES string of the molecule is CC1CCCN(C(=O)CSCc2ccc(C#N)cc2)C1CO. The second-order valence-corrected chi connectivity index (χ2v) is 6.74. The molecule has 1 saturated heterocycles. The molecule has 2 rings (SSSR count). The van der Waals surface area contributed by atoms with Crippen molar-refractivity contribution in [3.63, 3.8) is 0 Å². The summed E-state index contributed by atoms with van der Waals surface area (Å²) in [5.41, 5.74) is 1.76. The van der Waals surface area contributed by atoms with E-state index >= 15 is 0 Å². The Morgan fingerprint density at radius 1 is 1.45 bits per heavy atom. The van der Waals surface area contributed by atoms with E-state index in [9.17, 15) is 9.90 Å². The molecule has 0 aliphatic carbocycles. The summed E-state index contributed by atoms with van der Waals surface area (Å²) in [6, 6.07) is 9.51. The molecular formula is C17H22N2O2S. The second kappa shape index (κ2) is 8.21. The standard InChI is InChI=1S/C17H22N2O2S/c1-13-3-2-8-19(16(13)10-20)17(21)12-22-11-15-6-4-14(9-18)5-7-15/h4-7,13,16,20H,2-3,8,10-12H2,1H3. The lowest BCUT2D eigenvalue weighted by molar-refractivity contribution is -0.134. The van der Waals surface area contributed by atoms with Gasteiger partial charge in [-0.3, -0.25) is 4.79 Å². The van der Waals surface area contributed by atoms with Crippen LogP contribution in [0.15, 0.2) is 24.3 Å². The fraction of sp³-hybridized carbons (Fsp3) is 0.529. The first kappa shape index (κ1) is 16.9. The van der Waals surface area contributed by atoms with Crippen molar-refractivity contribution < 1.29 is 9.90 Å². The molecule has 1 heterocycles. The molecule has 5 heteroatoms. The van der Waals surface area contributed by atoms with Gasteiger partial charge in [0.1, 0.15) is 0 Å². The summed E-state index contributed by atoms with van der Waals surface area (Å²) in [6.45, 7) is 2.91. The van der Waals surface area contributed by atoms with Crippen LogP contribution in [-0.2, 0) is 10.5 Å². The summed E-state index contributed by atoms with van der Waals surface area (Å²) in [5.74, 6) is 1.67. The van der Waals surface area contributed by atoms with Crippen LogP contribution in [0.4, 0.5) is 0 Å². The third-order valence-electron chi connectivity index (χ3n) is 4.20. The normalized spacial score (nSPS) is 21.4. The van der Waals surface area contributed by atoms with E-state index in [2.05, 4.69) is 13.0 Å². The van der Waals surface area contributed by atoms with Gasteiger partial charge < -0.3 is 10.0 Å². The molecule has 1 aliphatic rings. The van der Waals surface area contributed by atoms with Crippen LogP contribution in [0.2, 0.25) is 0 Å². The Balaban J connectivity index is 1.82. The molecule has 0 spiro atoms. The van der Waals surface area contributed by atoms with Crippen molar-refractivity contribution >= 4 is 17.7 Å². The fourth-order valence-electron chi connectivity index (χ4n) is 2.85. The van der Waals surface area contributed by atoms with E-state index in [4.69, 9.17) is 5.26 Å². The largest absolute Gasteiger partial charge is 0.394 e. The third kappa shape index (κ3) is 4.25. The molecule has 2 atom stereocenters. The first-order chi connectivity index (χ1) is 10.7. The van der Waals surface area contributed by atoms with Crippen LogP contribution >= 0.6 is 11.8 Å². The molecule has 1 aliphatic heterocycles. The Labute approximate surface area is 136 Å². The van der Waals surface area contributed by atoms with E-state index in [1.54, 1.807) is 23.9 Å². The van der Waals surface area contributed by atoms with Gasteiger partial charge in [-0.05, 0) is 36.5 Å². The predicted octanol–water partition coefficient (Wildman–Crippen LogP) is 2.41. The molecule has 2 unspecified atom stereocenters. The molecule has 0 radical (unpaired) electrons. The average molecular weight is 318 g/mol. The zero-order valence-corrected chi connectivity index (χ0v) is 13.7. The number of hydrogen-bond acceptors (Lipinski definition) is 4. The lowest BCUT2D eigenvalue weighted by atomic mass is 9.91. The Hall–Kier alpha value is -1.51. The van der Waals surface area contributed by atoms with E-state index < -0.39 is 0 Å². The van der Waals surface area contributed by atoms with Crippen LogP contribution < -0.4 is 0 Å². The zero-order chi connectivity index (χ0) is 15.9. The quantitative estimate of drug-likeness (QED) is 0.905. The van der Waals surface area contributed by atoms with Crippen molar-refractivity contribution in [2.75, 3.05) is 18.9 Å². The minimum absolute atomic E-state index is 0.0308. The summed E-state index contributed by atoms with van der Waals surface area (Å²) in [4.78, 5) is 14.2. The Bertz CT molecular complexity index is 539. The van der Waals surface area contributed by atoms with E-state index in [0.717, 1.165) is 30.7 Å². The highest BCUT2D eigenvalue weighted by Crippen LogP contribution is 2.24. The van der Waals surface area contributed by atoms with Gasteiger partial charge in [0.25, 0.3) is 0 Å². The maximum atomic E-state index is 12.4. The second-order valence-electron chi connectivity index (χ2n) is 5.76. The zero-order valence-electron chi connectivity index (χ0n) is 12.9. The van der Waals surface area contributed by atoms with Gasteiger partial charge in [-0.1, -0.05) is 19.1 Å². The molecule has 22 heavy (non-hydrogen) atoms. The fourth-order valence-corrected chi connectivity index (χ4v) is 3.72. The first-order valence-corrected chi connectivity index (χ1v) is 8.78. The van der Waals surface area contributed by atoms with Gasteiger partial charge in [-0.25, -0.2) is 0 Å². The topological polar surface area (TPSA) is 64.3 Å².